The van der Waals surface area contributed by atoms with Crippen LogP contribution in [0.5, 0.6) is 0 Å². The van der Waals surface area contributed by atoms with E-state index in [1.807, 2.05) is 12.1 Å². The van der Waals surface area contributed by atoms with Gasteiger partial charge in [-0.05, 0) is 43.4 Å². The first-order valence-electron chi connectivity index (χ1n) is 6.94. The standard InChI is InChI=1S/C16H24ClO/c1-2-3-4-6-13-18-14-7-5-8-15-9-11-16(17)12-10-15/h9-12H,1-8,13-14H2. The molecule has 0 aliphatic heterocycles. The second-order valence-electron chi connectivity index (χ2n) is 4.61. The molecule has 18 heavy (non-hydrogen) atoms. The summed E-state index contributed by atoms with van der Waals surface area (Å²) in [6.45, 7) is 5.62. The van der Waals surface area contributed by atoms with Crippen LogP contribution < -0.4 is 0 Å². The number of hydrogen-bond acceptors (Lipinski definition) is 1. The summed E-state index contributed by atoms with van der Waals surface area (Å²) in [5.74, 6) is 0. The van der Waals surface area contributed by atoms with Gasteiger partial charge in [0.15, 0.2) is 0 Å². The summed E-state index contributed by atoms with van der Waals surface area (Å²) in [4.78, 5) is 0. The third-order valence-electron chi connectivity index (χ3n) is 2.96. The average Bonchev–Trinajstić information content (AvgIpc) is 2.39. The monoisotopic (exact) mass is 267 g/mol. The van der Waals surface area contributed by atoms with Gasteiger partial charge in [-0.2, -0.15) is 0 Å². The van der Waals surface area contributed by atoms with E-state index in [9.17, 15) is 0 Å². The molecule has 0 bridgehead atoms. The minimum absolute atomic E-state index is 0.810. The largest absolute Gasteiger partial charge is 0.381 e. The van der Waals surface area contributed by atoms with E-state index >= 15 is 0 Å². The van der Waals surface area contributed by atoms with Gasteiger partial charge in [0.25, 0.3) is 0 Å². The highest BCUT2D eigenvalue weighted by atomic mass is 35.5. The van der Waals surface area contributed by atoms with Gasteiger partial charge in [-0.1, -0.05) is 49.9 Å². The molecule has 0 fully saturated rings. The van der Waals surface area contributed by atoms with Crippen molar-refractivity contribution in [3.63, 3.8) is 0 Å². The van der Waals surface area contributed by atoms with Crippen LogP contribution in [0.1, 0.15) is 44.1 Å². The van der Waals surface area contributed by atoms with Gasteiger partial charge in [0.05, 0.1) is 0 Å². The molecule has 1 nitrogen and oxygen atoms in total. The van der Waals surface area contributed by atoms with Crippen LogP contribution in [0.15, 0.2) is 24.3 Å². The van der Waals surface area contributed by atoms with Crippen LogP contribution in [0.3, 0.4) is 0 Å². The number of benzene rings is 1. The van der Waals surface area contributed by atoms with Crippen LogP contribution in [-0.4, -0.2) is 13.2 Å². The van der Waals surface area contributed by atoms with Gasteiger partial charge in [-0.3, -0.25) is 0 Å². The smallest absolute Gasteiger partial charge is 0.0466 e. The van der Waals surface area contributed by atoms with Crippen molar-refractivity contribution < 1.29 is 4.74 Å². The second kappa shape index (κ2) is 10.4. The number of rotatable bonds is 10. The molecule has 0 atom stereocenters. The Balaban J connectivity index is 1.91. The molecule has 0 saturated heterocycles. The Morgan fingerprint density at radius 2 is 1.56 bits per heavy atom. The van der Waals surface area contributed by atoms with Crippen molar-refractivity contribution in [3.05, 3.63) is 41.8 Å². The highest BCUT2D eigenvalue weighted by molar-refractivity contribution is 6.30. The Labute approximate surface area is 116 Å². The summed E-state index contributed by atoms with van der Waals surface area (Å²) < 4.78 is 5.60. The van der Waals surface area contributed by atoms with E-state index in [-0.39, 0.29) is 0 Å². The Kier molecular flexibility index (Phi) is 8.97. The maximum atomic E-state index is 5.84. The Morgan fingerprint density at radius 1 is 0.889 bits per heavy atom. The molecule has 0 aliphatic rings. The molecular formula is C16H24ClO. The summed E-state index contributed by atoms with van der Waals surface area (Å²) in [7, 11) is 0. The highest BCUT2D eigenvalue weighted by Gasteiger charge is 1.95. The molecule has 0 unspecified atom stereocenters. The van der Waals surface area contributed by atoms with Crippen LogP contribution in [-0.2, 0) is 11.2 Å². The normalized spacial score (nSPS) is 10.8. The van der Waals surface area contributed by atoms with E-state index in [1.54, 1.807) is 0 Å². The van der Waals surface area contributed by atoms with Gasteiger partial charge in [-0.15, -0.1) is 0 Å². The maximum absolute atomic E-state index is 5.84. The predicted octanol–water partition coefficient (Wildman–Crippen LogP) is 5.07. The highest BCUT2D eigenvalue weighted by Crippen LogP contribution is 2.11. The van der Waals surface area contributed by atoms with E-state index in [0.29, 0.717) is 0 Å². The zero-order valence-electron chi connectivity index (χ0n) is 11.2. The van der Waals surface area contributed by atoms with Crippen molar-refractivity contribution in [3.8, 4) is 0 Å². The van der Waals surface area contributed by atoms with Gasteiger partial charge < -0.3 is 4.74 Å². The summed E-state index contributed by atoms with van der Waals surface area (Å²) >= 11 is 5.84. The topological polar surface area (TPSA) is 9.23 Å². The molecule has 0 saturated carbocycles. The van der Waals surface area contributed by atoms with Crippen LogP contribution in [0, 0.1) is 6.92 Å². The molecule has 0 aromatic heterocycles. The lowest BCUT2D eigenvalue weighted by atomic mass is 10.1. The molecule has 1 aromatic carbocycles. The second-order valence-corrected chi connectivity index (χ2v) is 5.05. The molecule has 2 heteroatoms. The molecular weight excluding hydrogens is 244 g/mol. The quantitative estimate of drug-likeness (QED) is 0.538. The van der Waals surface area contributed by atoms with Crippen molar-refractivity contribution in [1.29, 1.82) is 0 Å². The summed E-state index contributed by atoms with van der Waals surface area (Å²) in [6.07, 6.45) is 8.11. The van der Waals surface area contributed by atoms with E-state index in [0.717, 1.165) is 37.5 Å². The molecule has 0 N–H and O–H groups in total. The van der Waals surface area contributed by atoms with Gasteiger partial charge in [0.2, 0.25) is 0 Å². The van der Waals surface area contributed by atoms with Crippen molar-refractivity contribution in [2.75, 3.05) is 13.2 Å². The number of ether oxygens (including phenoxy) is 1. The average molecular weight is 268 g/mol. The minimum Gasteiger partial charge on any atom is -0.381 e. The zero-order chi connectivity index (χ0) is 13.1. The first kappa shape index (κ1) is 15.5. The maximum Gasteiger partial charge on any atom is 0.0466 e. The van der Waals surface area contributed by atoms with Crippen LogP contribution in [0.2, 0.25) is 5.02 Å². The molecule has 0 spiro atoms. The van der Waals surface area contributed by atoms with Crippen LogP contribution in [0.25, 0.3) is 0 Å². The van der Waals surface area contributed by atoms with Crippen molar-refractivity contribution in [2.45, 2.75) is 44.9 Å². The molecule has 101 valence electrons. The van der Waals surface area contributed by atoms with Gasteiger partial charge in [-0.25, -0.2) is 0 Å². The number of unbranched alkanes of at least 4 members (excludes halogenated alkanes) is 4. The summed E-state index contributed by atoms with van der Waals surface area (Å²) in [5.41, 5.74) is 1.36. The summed E-state index contributed by atoms with van der Waals surface area (Å²) in [6, 6.07) is 8.11. The predicted molar refractivity (Wildman–Crippen MR) is 79.0 cm³/mol. The van der Waals surface area contributed by atoms with Gasteiger partial charge >= 0.3 is 0 Å². The van der Waals surface area contributed by atoms with E-state index in [2.05, 4.69) is 19.1 Å². The fourth-order valence-electron chi connectivity index (χ4n) is 1.84. The zero-order valence-corrected chi connectivity index (χ0v) is 11.9. The lowest BCUT2D eigenvalue weighted by Gasteiger charge is -2.04. The fourth-order valence-corrected chi connectivity index (χ4v) is 1.97. The Morgan fingerprint density at radius 3 is 2.22 bits per heavy atom. The van der Waals surface area contributed by atoms with E-state index in [1.165, 1.54) is 31.2 Å². The van der Waals surface area contributed by atoms with Crippen molar-refractivity contribution in [1.82, 2.24) is 0 Å². The van der Waals surface area contributed by atoms with E-state index < -0.39 is 0 Å². The van der Waals surface area contributed by atoms with Crippen LogP contribution in [0.4, 0.5) is 0 Å². The molecule has 1 radical (unpaired) electrons. The van der Waals surface area contributed by atoms with Crippen LogP contribution >= 0.6 is 11.6 Å². The van der Waals surface area contributed by atoms with E-state index in [4.69, 9.17) is 16.3 Å². The lowest BCUT2D eigenvalue weighted by Crippen LogP contribution is -1.98. The number of halogens is 1. The van der Waals surface area contributed by atoms with Crippen molar-refractivity contribution in [2.24, 2.45) is 0 Å². The molecule has 1 aromatic rings. The molecule has 1 rings (SSSR count). The first-order valence-corrected chi connectivity index (χ1v) is 7.32. The molecule has 0 heterocycles. The third kappa shape index (κ3) is 7.73. The van der Waals surface area contributed by atoms with Crippen molar-refractivity contribution >= 4 is 11.6 Å². The molecule has 0 amide bonds. The SMILES string of the molecule is [CH2]CCCCCOCCCCc1ccc(Cl)cc1. The van der Waals surface area contributed by atoms with Gasteiger partial charge in [0.1, 0.15) is 0 Å². The molecule has 0 aliphatic carbocycles. The lowest BCUT2D eigenvalue weighted by molar-refractivity contribution is 0.126. The number of aryl methyl sites for hydroxylation is 1. The minimum atomic E-state index is 0.810. The summed E-state index contributed by atoms with van der Waals surface area (Å²) in [5, 5.41) is 0.810. The fraction of sp³-hybridized carbons (Fsp3) is 0.562. The third-order valence-corrected chi connectivity index (χ3v) is 3.21. The Hall–Kier alpha value is -0.530. The Bertz CT molecular complexity index is 294. The first-order chi connectivity index (χ1) is 8.83. The van der Waals surface area contributed by atoms with Gasteiger partial charge in [0, 0.05) is 18.2 Å². The number of hydrogen-bond donors (Lipinski definition) is 0.